The van der Waals surface area contributed by atoms with Crippen molar-refractivity contribution in [3.8, 4) is 5.69 Å². The molecule has 0 spiro atoms. The van der Waals surface area contributed by atoms with Crippen molar-refractivity contribution in [3.05, 3.63) is 50.6 Å². The Morgan fingerprint density at radius 2 is 2.20 bits per heavy atom. The fourth-order valence-corrected chi connectivity index (χ4v) is 1.91. The minimum absolute atomic E-state index is 0.0420. The lowest BCUT2D eigenvalue weighted by Gasteiger charge is -2.08. The van der Waals surface area contributed by atoms with Crippen LogP contribution in [-0.4, -0.2) is 33.0 Å². The average molecular weight is 340 g/mol. The van der Waals surface area contributed by atoms with Gasteiger partial charge in [-0.15, -0.1) is 0 Å². The second kappa shape index (κ2) is 5.93. The molecule has 7 nitrogen and oxygen atoms in total. The Morgan fingerprint density at radius 3 is 2.80 bits per heavy atom. The van der Waals surface area contributed by atoms with E-state index >= 15 is 0 Å². The standard InChI is InChI=1S/C12H10BrN3O4/c1-20-12(19)10-2-7(6-17)11(18)16(15-10)9-3-8(13)4-14-5-9/h2-5,17H,6H2,1H3. The molecule has 0 amide bonds. The van der Waals surface area contributed by atoms with Crippen LogP contribution in [-0.2, 0) is 11.3 Å². The minimum Gasteiger partial charge on any atom is -0.464 e. The molecular weight excluding hydrogens is 330 g/mol. The summed E-state index contributed by atoms with van der Waals surface area (Å²) in [4.78, 5) is 27.6. The number of carbonyl (C=O) groups excluding carboxylic acids is 1. The molecule has 0 saturated heterocycles. The Hall–Kier alpha value is -2.06. The van der Waals surface area contributed by atoms with Gasteiger partial charge in [0.15, 0.2) is 5.69 Å². The Kier molecular flexibility index (Phi) is 4.26. The zero-order chi connectivity index (χ0) is 14.7. The summed E-state index contributed by atoms with van der Waals surface area (Å²) in [6.07, 6.45) is 2.97. The van der Waals surface area contributed by atoms with Crippen LogP contribution in [0.15, 0.2) is 33.8 Å². The van der Waals surface area contributed by atoms with Crippen LogP contribution in [0, 0.1) is 0 Å². The molecule has 0 atom stereocenters. The van der Waals surface area contributed by atoms with Crippen LogP contribution in [0.4, 0.5) is 0 Å². The van der Waals surface area contributed by atoms with E-state index in [1.54, 1.807) is 12.3 Å². The molecular formula is C12H10BrN3O4. The molecule has 1 N–H and O–H groups in total. The number of pyridine rings is 1. The molecule has 2 aromatic rings. The maximum Gasteiger partial charge on any atom is 0.358 e. The van der Waals surface area contributed by atoms with Crippen molar-refractivity contribution < 1.29 is 14.6 Å². The molecule has 2 rings (SSSR count). The molecule has 0 unspecified atom stereocenters. The van der Waals surface area contributed by atoms with Crippen LogP contribution in [0.3, 0.4) is 0 Å². The molecule has 0 fully saturated rings. The van der Waals surface area contributed by atoms with E-state index in [4.69, 9.17) is 0 Å². The highest BCUT2D eigenvalue weighted by molar-refractivity contribution is 9.10. The molecule has 104 valence electrons. The number of nitrogens with zero attached hydrogens (tertiary/aromatic N) is 3. The number of carbonyl (C=O) groups is 1. The Labute approximate surface area is 122 Å². The van der Waals surface area contributed by atoms with Crippen molar-refractivity contribution in [2.45, 2.75) is 6.61 Å². The Morgan fingerprint density at radius 1 is 1.45 bits per heavy atom. The number of halogens is 1. The minimum atomic E-state index is -0.698. The maximum atomic E-state index is 12.1. The maximum absolute atomic E-state index is 12.1. The van der Waals surface area contributed by atoms with E-state index in [0.717, 1.165) is 4.68 Å². The van der Waals surface area contributed by atoms with Gasteiger partial charge in [-0.3, -0.25) is 9.78 Å². The summed E-state index contributed by atoms with van der Waals surface area (Å²) in [5, 5.41) is 13.1. The van der Waals surface area contributed by atoms with Gasteiger partial charge < -0.3 is 9.84 Å². The zero-order valence-electron chi connectivity index (χ0n) is 10.4. The van der Waals surface area contributed by atoms with Gasteiger partial charge in [-0.25, -0.2) is 4.79 Å². The summed E-state index contributed by atoms with van der Waals surface area (Å²) in [7, 11) is 1.21. The summed E-state index contributed by atoms with van der Waals surface area (Å²) in [5.74, 6) is -0.698. The van der Waals surface area contributed by atoms with Gasteiger partial charge in [0.25, 0.3) is 5.56 Å². The van der Waals surface area contributed by atoms with Crippen molar-refractivity contribution in [2.75, 3.05) is 7.11 Å². The van der Waals surface area contributed by atoms with E-state index in [9.17, 15) is 14.7 Å². The molecule has 0 aliphatic rings. The molecule has 0 aromatic carbocycles. The highest BCUT2D eigenvalue weighted by atomic mass is 79.9. The van der Waals surface area contributed by atoms with Crippen molar-refractivity contribution >= 4 is 21.9 Å². The van der Waals surface area contributed by atoms with Crippen molar-refractivity contribution in [2.24, 2.45) is 0 Å². The number of esters is 1. The van der Waals surface area contributed by atoms with E-state index in [0.29, 0.717) is 10.2 Å². The second-order valence-electron chi connectivity index (χ2n) is 3.78. The van der Waals surface area contributed by atoms with Crippen LogP contribution in [0.5, 0.6) is 0 Å². The third kappa shape index (κ3) is 2.75. The van der Waals surface area contributed by atoms with Gasteiger partial charge in [0.2, 0.25) is 0 Å². The Balaban J connectivity index is 2.68. The number of hydrogen-bond acceptors (Lipinski definition) is 6. The van der Waals surface area contributed by atoms with E-state index in [1.165, 1.54) is 19.4 Å². The number of methoxy groups -OCH3 is 1. The molecule has 0 bridgehead atoms. The first-order valence-electron chi connectivity index (χ1n) is 5.50. The zero-order valence-corrected chi connectivity index (χ0v) is 12.0. The van der Waals surface area contributed by atoms with Crippen molar-refractivity contribution in [1.29, 1.82) is 0 Å². The van der Waals surface area contributed by atoms with Crippen LogP contribution in [0.2, 0.25) is 0 Å². The van der Waals surface area contributed by atoms with Gasteiger partial charge in [0, 0.05) is 16.2 Å². The lowest BCUT2D eigenvalue weighted by atomic mass is 10.2. The average Bonchev–Trinajstić information content (AvgIpc) is 2.46. The fourth-order valence-electron chi connectivity index (χ4n) is 1.55. The van der Waals surface area contributed by atoms with E-state index in [-0.39, 0.29) is 11.3 Å². The third-order valence-corrected chi connectivity index (χ3v) is 2.92. The highest BCUT2D eigenvalue weighted by Crippen LogP contribution is 2.12. The predicted octanol–water partition coefficient (Wildman–Crippen LogP) is 0.669. The van der Waals surface area contributed by atoms with E-state index in [2.05, 4.69) is 30.7 Å². The van der Waals surface area contributed by atoms with Crippen molar-refractivity contribution in [3.63, 3.8) is 0 Å². The lowest BCUT2D eigenvalue weighted by Crippen LogP contribution is -2.27. The SMILES string of the molecule is COC(=O)c1cc(CO)c(=O)n(-c2cncc(Br)c2)n1. The Bertz CT molecular complexity index is 714. The third-order valence-electron chi connectivity index (χ3n) is 2.49. The van der Waals surface area contributed by atoms with Gasteiger partial charge in [-0.1, -0.05) is 0 Å². The topological polar surface area (TPSA) is 94.3 Å². The molecule has 2 aromatic heterocycles. The first-order valence-corrected chi connectivity index (χ1v) is 6.29. The number of hydrogen-bond donors (Lipinski definition) is 1. The lowest BCUT2D eigenvalue weighted by molar-refractivity contribution is 0.0591. The quantitative estimate of drug-likeness (QED) is 0.826. The molecule has 8 heteroatoms. The molecule has 0 aliphatic heterocycles. The van der Waals surface area contributed by atoms with Gasteiger partial charge >= 0.3 is 5.97 Å². The van der Waals surface area contributed by atoms with Crippen molar-refractivity contribution in [1.82, 2.24) is 14.8 Å². The van der Waals surface area contributed by atoms with Gasteiger partial charge in [-0.05, 0) is 28.1 Å². The summed E-state index contributed by atoms with van der Waals surface area (Å²) in [6, 6.07) is 2.82. The summed E-state index contributed by atoms with van der Waals surface area (Å²) >= 11 is 3.23. The number of aliphatic hydroxyl groups excluding tert-OH is 1. The van der Waals surface area contributed by atoms with Gasteiger partial charge in [0.1, 0.15) is 0 Å². The van der Waals surface area contributed by atoms with Gasteiger partial charge in [0.05, 0.1) is 25.6 Å². The molecule has 0 aliphatic carbocycles. The molecule has 0 saturated carbocycles. The highest BCUT2D eigenvalue weighted by Gasteiger charge is 2.15. The summed E-state index contributed by atoms with van der Waals surface area (Å²) in [5.41, 5.74) is -0.193. The monoisotopic (exact) mass is 339 g/mol. The molecule has 20 heavy (non-hydrogen) atoms. The van der Waals surface area contributed by atoms with E-state index in [1.807, 2.05) is 0 Å². The second-order valence-corrected chi connectivity index (χ2v) is 4.70. The normalized spacial score (nSPS) is 10.3. The number of rotatable bonds is 3. The van der Waals surface area contributed by atoms with Crippen LogP contribution < -0.4 is 5.56 Å². The van der Waals surface area contributed by atoms with Crippen LogP contribution in [0.1, 0.15) is 16.1 Å². The smallest absolute Gasteiger partial charge is 0.358 e. The largest absolute Gasteiger partial charge is 0.464 e. The van der Waals surface area contributed by atoms with E-state index < -0.39 is 18.1 Å². The molecule has 2 heterocycles. The number of aliphatic hydroxyl groups is 1. The predicted molar refractivity (Wildman–Crippen MR) is 72.6 cm³/mol. The molecule has 0 radical (unpaired) electrons. The summed E-state index contributed by atoms with van der Waals surface area (Å²) < 4.78 is 6.21. The summed E-state index contributed by atoms with van der Waals surface area (Å²) in [6.45, 7) is -0.507. The first-order chi connectivity index (χ1) is 9.56. The van der Waals surface area contributed by atoms with Gasteiger partial charge in [-0.2, -0.15) is 9.78 Å². The number of ether oxygens (including phenoxy) is 1. The fraction of sp³-hybridized carbons (Fsp3) is 0.167. The van der Waals surface area contributed by atoms with Crippen LogP contribution in [0.25, 0.3) is 5.69 Å². The van der Waals surface area contributed by atoms with Crippen LogP contribution >= 0.6 is 15.9 Å². The number of aromatic nitrogens is 3. The first kappa shape index (κ1) is 14.4.